The van der Waals surface area contributed by atoms with Crippen molar-refractivity contribution < 1.29 is 9.18 Å². The van der Waals surface area contributed by atoms with E-state index in [4.69, 9.17) is 0 Å². The first-order valence-electron chi connectivity index (χ1n) is 9.60. The van der Waals surface area contributed by atoms with E-state index >= 15 is 0 Å². The van der Waals surface area contributed by atoms with Crippen molar-refractivity contribution in [2.45, 2.75) is 12.5 Å². The number of anilines is 1. The van der Waals surface area contributed by atoms with E-state index in [1.807, 2.05) is 36.4 Å². The minimum atomic E-state index is -0.262. The smallest absolute Gasteiger partial charge is 0.268 e. The number of amides is 1. The summed E-state index contributed by atoms with van der Waals surface area (Å²) in [5.74, 6) is 0.468. The highest BCUT2D eigenvalue weighted by atomic mass is 19.1. The molecule has 1 atom stereocenters. The zero-order valence-electron chi connectivity index (χ0n) is 15.7. The minimum Gasteiger partial charge on any atom is -0.353 e. The summed E-state index contributed by atoms with van der Waals surface area (Å²) < 4.78 is 13.1. The number of nitrogens with one attached hydrogen (secondary N) is 3. The lowest BCUT2D eigenvalue weighted by atomic mass is 10.1. The van der Waals surface area contributed by atoms with E-state index in [2.05, 4.69) is 25.4 Å². The fourth-order valence-corrected chi connectivity index (χ4v) is 3.80. The molecular weight excluding hydrogens is 369 g/mol. The number of aromatic nitrogens is 3. The van der Waals surface area contributed by atoms with Gasteiger partial charge >= 0.3 is 0 Å². The van der Waals surface area contributed by atoms with E-state index in [1.54, 1.807) is 12.1 Å². The van der Waals surface area contributed by atoms with Gasteiger partial charge < -0.3 is 15.2 Å². The van der Waals surface area contributed by atoms with Crippen LogP contribution < -0.4 is 10.2 Å². The molecule has 2 aromatic carbocycles. The zero-order valence-corrected chi connectivity index (χ0v) is 15.7. The lowest BCUT2D eigenvalue weighted by Crippen LogP contribution is -2.37. The Morgan fingerprint density at radius 2 is 1.97 bits per heavy atom. The van der Waals surface area contributed by atoms with Gasteiger partial charge in [-0.05, 0) is 48.4 Å². The maximum atomic E-state index is 13.1. The first-order valence-corrected chi connectivity index (χ1v) is 9.60. The third kappa shape index (κ3) is 3.47. The van der Waals surface area contributed by atoms with Crippen LogP contribution in [-0.4, -0.2) is 40.2 Å². The number of para-hydroxylation sites is 1. The largest absolute Gasteiger partial charge is 0.353 e. The van der Waals surface area contributed by atoms with E-state index in [1.165, 1.54) is 12.1 Å². The third-order valence-electron chi connectivity index (χ3n) is 5.34. The Labute approximate surface area is 166 Å². The molecule has 3 N–H and O–H groups in total. The summed E-state index contributed by atoms with van der Waals surface area (Å²) in [5, 5.41) is 11.5. The summed E-state index contributed by atoms with van der Waals surface area (Å²) in [6.07, 6.45) is 0.852. The average Bonchev–Trinajstić information content (AvgIpc) is 3.47. The van der Waals surface area contributed by atoms with Crippen LogP contribution in [-0.2, 0) is 0 Å². The molecule has 0 aliphatic carbocycles. The number of H-pyrrole nitrogens is 2. The first kappa shape index (κ1) is 17.5. The van der Waals surface area contributed by atoms with Crippen molar-refractivity contribution in [3.05, 3.63) is 72.2 Å². The number of hydrogen-bond donors (Lipinski definition) is 3. The predicted molar refractivity (Wildman–Crippen MR) is 110 cm³/mol. The highest BCUT2D eigenvalue weighted by molar-refractivity contribution is 5.98. The van der Waals surface area contributed by atoms with Gasteiger partial charge in [-0.1, -0.05) is 18.2 Å². The van der Waals surface area contributed by atoms with E-state index in [0.29, 0.717) is 12.2 Å². The first-order chi connectivity index (χ1) is 14.2. The number of fused-ring (bicyclic) bond motifs is 1. The van der Waals surface area contributed by atoms with Gasteiger partial charge in [0, 0.05) is 36.1 Å². The van der Waals surface area contributed by atoms with Crippen molar-refractivity contribution >= 4 is 22.6 Å². The molecule has 1 fully saturated rings. The van der Waals surface area contributed by atoms with Crippen molar-refractivity contribution in [3.8, 4) is 11.3 Å². The molecular formula is C22H20FN5O. The normalized spacial score (nSPS) is 16.4. The topological polar surface area (TPSA) is 76.8 Å². The second-order valence-corrected chi connectivity index (χ2v) is 7.32. The number of hydrogen-bond acceptors (Lipinski definition) is 3. The Hall–Kier alpha value is -3.61. The molecule has 0 radical (unpaired) electrons. The molecule has 1 aliphatic heterocycles. The number of nitrogens with zero attached hydrogens (tertiary/aromatic N) is 2. The molecule has 1 saturated heterocycles. The van der Waals surface area contributed by atoms with Gasteiger partial charge in [-0.25, -0.2) is 4.39 Å². The quantitative estimate of drug-likeness (QED) is 0.498. The SMILES string of the molecule is O=C(N[C@@H]1CCN(c2cc(-c3ccc(F)cc3)[nH]n2)C1)c1cc2ccccc2[nH]1. The van der Waals surface area contributed by atoms with Crippen molar-refractivity contribution in [1.29, 1.82) is 0 Å². The van der Waals surface area contributed by atoms with E-state index in [-0.39, 0.29) is 17.8 Å². The molecule has 29 heavy (non-hydrogen) atoms. The van der Waals surface area contributed by atoms with Crippen LogP contribution in [0.25, 0.3) is 22.2 Å². The second-order valence-electron chi connectivity index (χ2n) is 7.32. The van der Waals surface area contributed by atoms with Gasteiger partial charge in [-0.15, -0.1) is 0 Å². The monoisotopic (exact) mass is 389 g/mol. The van der Waals surface area contributed by atoms with Gasteiger partial charge in [0.15, 0.2) is 5.82 Å². The highest BCUT2D eigenvalue weighted by Crippen LogP contribution is 2.25. The zero-order chi connectivity index (χ0) is 19.8. The summed E-state index contributed by atoms with van der Waals surface area (Å²) in [6, 6.07) is 18.0. The molecule has 6 nitrogen and oxygen atoms in total. The van der Waals surface area contributed by atoms with E-state index < -0.39 is 0 Å². The Bertz CT molecular complexity index is 1130. The van der Waals surface area contributed by atoms with Crippen molar-refractivity contribution in [2.75, 3.05) is 18.0 Å². The third-order valence-corrected chi connectivity index (χ3v) is 5.34. The van der Waals surface area contributed by atoms with Crippen molar-refractivity contribution in [3.63, 3.8) is 0 Å². The molecule has 3 heterocycles. The maximum absolute atomic E-state index is 13.1. The van der Waals surface area contributed by atoms with Crippen LogP contribution >= 0.6 is 0 Å². The lowest BCUT2D eigenvalue weighted by molar-refractivity contribution is 0.0936. The summed E-state index contributed by atoms with van der Waals surface area (Å²) in [7, 11) is 0. The number of halogens is 1. The van der Waals surface area contributed by atoms with Crippen molar-refractivity contribution in [1.82, 2.24) is 20.5 Å². The molecule has 0 spiro atoms. The highest BCUT2D eigenvalue weighted by Gasteiger charge is 2.26. The summed E-state index contributed by atoms with van der Waals surface area (Å²) in [5.41, 5.74) is 3.25. The van der Waals surface area contributed by atoms with E-state index in [9.17, 15) is 9.18 Å². The molecule has 5 rings (SSSR count). The maximum Gasteiger partial charge on any atom is 0.268 e. The number of carbonyl (C=O) groups excluding carboxylic acids is 1. The van der Waals surface area contributed by atoms with E-state index in [0.717, 1.165) is 40.9 Å². The number of benzene rings is 2. The average molecular weight is 389 g/mol. The summed E-state index contributed by atoms with van der Waals surface area (Å²) in [4.78, 5) is 17.9. The van der Waals surface area contributed by atoms with Gasteiger partial charge in [0.05, 0.1) is 5.69 Å². The molecule has 1 amide bonds. The molecule has 0 bridgehead atoms. The summed E-state index contributed by atoms with van der Waals surface area (Å²) in [6.45, 7) is 1.50. The molecule has 2 aromatic heterocycles. The van der Waals surface area contributed by atoms with Crippen LogP contribution in [0.5, 0.6) is 0 Å². The van der Waals surface area contributed by atoms with Crippen LogP contribution in [0.2, 0.25) is 0 Å². The van der Waals surface area contributed by atoms with Crippen LogP contribution in [0.15, 0.2) is 60.7 Å². The number of aromatic amines is 2. The predicted octanol–water partition coefficient (Wildman–Crippen LogP) is 3.71. The fourth-order valence-electron chi connectivity index (χ4n) is 3.80. The van der Waals surface area contributed by atoms with Gasteiger partial charge in [-0.3, -0.25) is 9.89 Å². The molecule has 7 heteroatoms. The fraction of sp³-hybridized carbons (Fsp3) is 0.182. The molecule has 146 valence electrons. The van der Waals surface area contributed by atoms with Gasteiger partial charge in [0.25, 0.3) is 5.91 Å². The van der Waals surface area contributed by atoms with Crippen LogP contribution in [0.4, 0.5) is 10.2 Å². The van der Waals surface area contributed by atoms with Gasteiger partial charge in [-0.2, -0.15) is 5.10 Å². The van der Waals surface area contributed by atoms with Crippen LogP contribution in [0.3, 0.4) is 0 Å². The van der Waals surface area contributed by atoms with Crippen LogP contribution in [0, 0.1) is 5.82 Å². The molecule has 1 aliphatic rings. The lowest BCUT2D eigenvalue weighted by Gasteiger charge is -2.15. The molecule has 0 saturated carbocycles. The van der Waals surface area contributed by atoms with Gasteiger partial charge in [0.1, 0.15) is 11.5 Å². The Morgan fingerprint density at radius 3 is 2.79 bits per heavy atom. The van der Waals surface area contributed by atoms with Crippen LogP contribution in [0.1, 0.15) is 16.9 Å². The number of rotatable bonds is 4. The molecule has 4 aromatic rings. The number of carbonyl (C=O) groups is 1. The van der Waals surface area contributed by atoms with Gasteiger partial charge in [0.2, 0.25) is 0 Å². The molecule has 0 unspecified atom stereocenters. The minimum absolute atomic E-state index is 0.0554. The Morgan fingerprint density at radius 1 is 1.14 bits per heavy atom. The Kier molecular flexibility index (Phi) is 4.27. The summed E-state index contributed by atoms with van der Waals surface area (Å²) >= 11 is 0. The van der Waals surface area contributed by atoms with Crippen molar-refractivity contribution in [2.24, 2.45) is 0 Å². The second kappa shape index (κ2) is 7.09. The standard InChI is InChI=1S/C22H20FN5O/c23-16-7-5-14(6-8-16)19-12-21(27-26-19)28-10-9-17(13-28)24-22(29)20-11-15-3-1-2-4-18(15)25-20/h1-8,11-12,17,25H,9-10,13H2,(H,24,29)(H,26,27)/t17-/m1/s1. The Balaban J connectivity index is 1.24.